The summed E-state index contributed by atoms with van der Waals surface area (Å²) in [5.74, 6) is -7.34. The number of ketones is 4. The molecule has 0 fully saturated rings. The van der Waals surface area contributed by atoms with Crippen LogP contribution in [0, 0.1) is 6.92 Å². The van der Waals surface area contributed by atoms with Crippen molar-refractivity contribution < 1.29 is 53.1 Å². The molecule has 0 radical (unpaired) electrons. The number of phenolic OH excluding ortho intramolecular Hbond substituents is 1. The van der Waals surface area contributed by atoms with Crippen LogP contribution in [0.3, 0.4) is 0 Å². The van der Waals surface area contributed by atoms with Crippen molar-refractivity contribution in [3.05, 3.63) is 46.2 Å². The lowest BCUT2D eigenvalue weighted by Crippen LogP contribution is -2.76. The topological polar surface area (TPSA) is 163 Å². The fourth-order valence-corrected chi connectivity index (χ4v) is 4.85. The van der Waals surface area contributed by atoms with Gasteiger partial charge in [0.2, 0.25) is 34.3 Å². The van der Waals surface area contributed by atoms with Crippen LogP contribution in [-0.4, -0.2) is 79.0 Å². The van der Waals surface area contributed by atoms with Crippen molar-refractivity contribution in [3.8, 4) is 11.5 Å². The Hall–Kier alpha value is -4.09. The normalized spacial score (nSPS) is 23.5. The molecule has 4 rings (SSSR count). The summed E-state index contributed by atoms with van der Waals surface area (Å²) in [7, 11) is 4.37. The maximum atomic E-state index is 13.7. The second-order valence-electron chi connectivity index (χ2n) is 7.98. The first kappa shape index (κ1) is 24.0. The van der Waals surface area contributed by atoms with Gasteiger partial charge < -0.3 is 29.2 Å². The lowest BCUT2D eigenvalue weighted by molar-refractivity contribution is -0.168. The average Bonchev–Trinajstić information content (AvgIpc) is 2.84. The Morgan fingerprint density at radius 3 is 2.14 bits per heavy atom. The molecular formula is C24H20O11. The third-order valence-electron chi connectivity index (χ3n) is 6.54. The fourth-order valence-electron chi connectivity index (χ4n) is 4.85. The van der Waals surface area contributed by atoms with Gasteiger partial charge in [0.15, 0.2) is 5.76 Å². The largest absolute Gasteiger partial charge is 0.507 e. The van der Waals surface area contributed by atoms with Crippen LogP contribution >= 0.6 is 0 Å². The SMILES string of the molecule is COC(=O)c1c(OC)cc2cc3c(c(O)c2c1C)C(=O)[C@]1(OC)C(=O)C=C(OC)C(=O)[C@]1(O)C3=O. The van der Waals surface area contributed by atoms with Crippen molar-refractivity contribution in [1.29, 1.82) is 0 Å². The van der Waals surface area contributed by atoms with Crippen LogP contribution < -0.4 is 4.74 Å². The molecule has 2 aliphatic rings. The fraction of sp³-hybridized carbons (Fsp3) is 0.292. The molecule has 0 aliphatic heterocycles. The number of phenols is 1. The minimum Gasteiger partial charge on any atom is -0.507 e. The summed E-state index contributed by atoms with van der Waals surface area (Å²) in [5.41, 5.74) is -7.33. The first-order chi connectivity index (χ1) is 16.5. The van der Waals surface area contributed by atoms with Crippen LogP contribution in [0.1, 0.15) is 36.6 Å². The number of Topliss-reactive ketones (excluding diaryl/α,β-unsaturated/α-hetero) is 3. The van der Waals surface area contributed by atoms with E-state index in [-0.39, 0.29) is 27.6 Å². The van der Waals surface area contributed by atoms with Crippen molar-refractivity contribution in [3.63, 3.8) is 0 Å². The highest BCUT2D eigenvalue weighted by Crippen LogP contribution is 2.49. The number of aryl methyl sites for hydroxylation is 1. The number of ether oxygens (including phenoxy) is 4. The maximum absolute atomic E-state index is 13.7. The van der Waals surface area contributed by atoms with Crippen molar-refractivity contribution in [1.82, 2.24) is 0 Å². The van der Waals surface area contributed by atoms with Gasteiger partial charge in [0.1, 0.15) is 17.1 Å². The molecule has 2 atom stereocenters. The summed E-state index contributed by atoms with van der Waals surface area (Å²) in [5, 5.41) is 22.7. The summed E-state index contributed by atoms with van der Waals surface area (Å²) >= 11 is 0. The molecule has 35 heavy (non-hydrogen) atoms. The summed E-state index contributed by atoms with van der Waals surface area (Å²) < 4.78 is 20.0. The zero-order chi connectivity index (χ0) is 26.0. The van der Waals surface area contributed by atoms with Crippen LogP contribution in [0.15, 0.2) is 24.0 Å². The second kappa shape index (κ2) is 7.72. The number of benzene rings is 2. The molecule has 11 nitrogen and oxygen atoms in total. The number of carbonyl (C=O) groups is 5. The minimum absolute atomic E-state index is 0.00880. The number of aromatic hydroxyl groups is 1. The van der Waals surface area contributed by atoms with Crippen molar-refractivity contribution >= 4 is 39.9 Å². The molecule has 0 unspecified atom stereocenters. The van der Waals surface area contributed by atoms with E-state index < -0.39 is 62.9 Å². The Bertz CT molecular complexity index is 1420. The minimum atomic E-state index is -3.28. The van der Waals surface area contributed by atoms with Gasteiger partial charge in [-0.2, -0.15) is 0 Å². The lowest BCUT2D eigenvalue weighted by Gasteiger charge is -2.46. The first-order valence-electron chi connectivity index (χ1n) is 10.1. The third kappa shape index (κ3) is 2.64. The zero-order valence-electron chi connectivity index (χ0n) is 19.3. The van der Waals surface area contributed by atoms with Crippen LogP contribution in [0.5, 0.6) is 11.5 Å². The molecule has 0 amide bonds. The molecule has 0 saturated heterocycles. The molecule has 2 aliphatic carbocycles. The van der Waals surface area contributed by atoms with Crippen LogP contribution in [0.25, 0.3) is 10.8 Å². The number of aliphatic hydroxyl groups is 1. The molecule has 0 saturated carbocycles. The Morgan fingerprint density at radius 1 is 0.943 bits per heavy atom. The predicted molar refractivity (Wildman–Crippen MR) is 117 cm³/mol. The Kier molecular flexibility index (Phi) is 5.30. The highest BCUT2D eigenvalue weighted by Gasteiger charge is 2.74. The maximum Gasteiger partial charge on any atom is 0.341 e. The quantitative estimate of drug-likeness (QED) is 0.467. The molecule has 182 valence electrons. The molecule has 0 bridgehead atoms. The standard InChI is InChI=1S/C24H20O11/c1-9-15-10(7-12(32-2)16(9)22(30)34-4)6-11-17(18(15)26)21(29)24(35-5)14(25)8-13(33-3)20(28)23(24,31)19(11)27/h6-8,26,31H,1-5H3/t23-,24-/m1/s1. The van der Waals surface area contributed by atoms with E-state index in [4.69, 9.17) is 18.9 Å². The van der Waals surface area contributed by atoms with E-state index in [0.29, 0.717) is 6.08 Å². The van der Waals surface area contributed by atoms with Gasteiger partial charge in [0.25, 0.3) is 0 Å². The van der Waals surface area contributed by atoms with E-state index in [1.807, 2.05) is 0 Å². The van der Waals surface area contributed by atoms with Gasteiger partial charge in [-0.05, 0) is 30.0 Å². The first-order valence-corrected chi connectivity index (χ1v) is 10.1. The lowest BCUT2D eigenvalue weighted by atomic mass is 9.60. The van der Waals surface area contributed by atoms with Gasteiger partial charge in [-0.1, -0.05) is 0 Å². The Labute approximate surface area is 197 Å². The molecule has 2 N–H and O–H groups in total. The summed E-state index contributed by atoms with van der Waals surface area (Å²) in [6.45, 7) is 1.46. The van der Waals surface area contributed by atoms with E-state index in [1.54, 1.807) is 0 Å². The van der Waals surface area contributed by atoms with Crippen molar-refractivity contribution in [2.24, 2.45) is 0 Å². The summed E-state index contributed by atoms with van der Waals surface area (Å²) in [6, 6.07) is 2.48. The molecule has 0 heterocycles. The van der Waals surface area contributed by atoms with Gasteiger partial charge in [0.05, 0.1) is 26.9 Å². The molecular weight excluding hydrogens is 464 g/mol. The molecule has 0 spiro atoms. The molecule has 11 heteroatoms. The molecule has 0 aromatic heterocycles. The monoisotopic (exact) mass is 484 g/mol. The third-order valence-corrected chi connectivity index (χ3v) is 6.54. The highest BCUT2D eigenvalue weighted by molar-refractivity contribution is 6.43. The summed E-state index contributed by atoms with van der Waals surface area (Å²) in [6.07, 6.45) is 0.653. The van der Waals surface area contributed by atoms with E-state index in [2.05, 4.69) is 0 Å². The number of esters is 1. The zero-order valence-corrected chi connectivity index (χ0v) is 19.3. The van der Waals surface area contributed by atoms with Gasteiger partial charge >= 0.3 is 5.97 Å². The Morgan fingerprint density at radius 2 is 1.60 bits per heavy atom. The van der Waals surface area contributed by atoms with Crippen LogP contribution in [-0.2, 0) is 23.8 Å². The van der Waals surface area contributed by atoms with Crippen LogP contribution in [0.4, 0.5) is 0 Å². The van der Waals surface area contributed by atoms with Gasteiger partial charge in [-0.15, -0.1) is 0 Å². The number of rotatable bonds is 4. The van der Waals surface area contributed by atoms with E-state index in [9.17, 15) is 34.2 Å². The number of fused-ring (bicyclic) bond motifs is 3. The van der Waals surface area contributed by atoms with E-state index in [1.165, 1.54) is 20.1 Å². The highest BCUT2D eigenvalue weighted by atomic mass is 16.5. The van der Waals surface area contributed by atoms with Crippen LogP contribution in [0.2, 0.25) is 0 Å². The molecule has 2 aromatic carbocycles. The molecule has 2 aromatic rings. The smallest absolute Gasteiger partial charge is 0.341 e. The van der Waals surface area contributed by atoms with E-state index >= 15 is 0 Å². The second-order valence-corrected chi connectivity index (χ2v) is 7.98. The van der Waals surface area contributed by atoms with E-state index in [0.717, 1.165) is 27.4 Å². The van der Waals surface area contributed by atoms with Gasteiger partial charge in [-0.3, -0.25) is 19.2 Å². The van der Waals surface area contributed by atoms with Gasteiger partial charge in [-0.25, -0.2) is 4.79 Å². The Balaban J connectivity index is 2.16. The number of methoxy groups -OCH3 is 4. The van der Waals surface area contributed by atoms with Crippen molar-refractivity contribution in [2.45, 2.75) is 18.1 Å². The number of hydrogen-bond acceptors (Lipinski definition) is 11. The number of hydrogen-bond donors (Lipinski definition) is 2. The van der Waals surface area contributed by atoms with Crippen molar-refractivity contribution in [2.75, 3.05) is 28.4 Å². The predicted octanol–water partition coefficient (Wildman–Crippen LogP) is 0.826. The average molecular weight is 484 g/mol. The van der Waals surface area contributed by atoms with Gasteiger partial charge in [0, 0.05) is 24.1 Å². The summed E-state index contributed by atoms with van der Waals surface area (Å²) in [4.78, 5) is 65.8. The number of carbonyl (C=O) groups excluding carboxylic acids is 5.